The van der Waals surface area contributed by atoms with Gasteiger partial charge < -0.3 is 11.1 Å². The molecule has 0 spiro atoms. The highest BCUT2D eigenvalue weighted by Crippen LogP contribution is 2.24. The number of hydrogen-bond donors (Lipinski definition) is 2. The number of rotatable bonds is 3. The van der Waals surface area contributed by atoms with Crippen molar-refractivity contribution in [3.8, 4) is 0 Å². The number of nitrogens with two attached hydrogens (primary N) is 1. The molecule has 2 aromatic rings. The molecule has 0 saturated carbocycles. The molecule has 1 amide bonds. The first-order chi connectivity index (χ1) is 8.97. The average molecular weight is 339 g/mol. The summed E-state index contributed by atoms with van der Waals surface area (Å²) in [7, 11) is 0. The van der Waals surface area contributed by atoms with E-state index in [1.807, 2.05) is 19.1 Å². The highest BCUT2D eigenvalue weighted by molar-refractivity contribution is 9.10. The number of nitrogen functional groups attached to an aromatic ring is 1. The average Bonchev–Trinajstić information content (AvgIpc) is 2.75. The lowest BCUT2D eigenvalue weighted by atomic mass is 10.1. The van der Waals surface area contributed by atoms with Gasteiger partial charge in [-0.1, -0.05) is 15.9 Å². The monoisotopic (exact) mass is 338 g/mol. The summed E-state index contributed by atoms with van der Waals surface area (Å²) in [6, 6.07) is 9.34. The Morgan fingerprint density at radius 1 is 1.37 bits per heavy atom. The fourth-order valence-corrected chi connectivity index (χ4v) is 3.03. The summed E-state index contributed by atoms with van der Waals surface area (Å²) in [5.41, 5.74) is 6.83. The smallest absolute Gasteiger partial charge is 0.253 e. The van der Waals surface area contributed by atoms with Crippen molar-refractivity contribution in [2.45, 2.75) is 19.9 Å². The maximum atomic E-state index is 12.2. The summed E-state index contributed by atoms with van der Waals surface area (Å²) < 4.78 is 0.864. The summed E-state index contributed by atoms with van der Waals surface area (Å²) in [6.45, 7) is 4.02. The number of hydrogen-bond acceptors (Lipinski definition) is 3. The van der Waals surface area contributed by atoms with E-state index in [9.17, 15) is 4.79 Å². The van der Waals surface area contributed by atoms with E-state index in [1.165, 1.54) is 4.88 Å². The first-order valence-corrected chi connectivity index (χ1v) is 7.50. The van der Waals surface area contributed by atoms with E-state index in [0.717, 1.165) is 9.35 Å². The molecule has 3 nitrogen and oxygen atoms in total. The van der Waals surface area contributed by atoms with Crippen LogP contribution in [-0.4, -0.2) is 5.91 Å². The van der Waals surface area contributed by atoms with E-state index in [1.54, 1.807) is 23.5 Å². The maximum absolute atomic E-state index is 12.2. The van der Waals surface area contributed by atoms with Gasteiger partial charge in [0.05, 0.1) is 11.6 Å². The Kier molecular flexibility index (Phi) is 4.27. The molecule has 1 unspecified atom stereocenters. The van der Waals surface area contributed by atoms with E-state index < -0.39 is 0 Å². The predicted octanol–water partition coefficient (Wildman–Crippen LogP) is 3.89. The summed E-state index contributed by atoms with van der Waals surface area (Å²) in [5, 5.41) is 2.96. The number of anilines is 1. The van der Waals surface area contributed by atoms with Gasteiger partial charge in [0.1, 0.15) is 0 Å². The molecule has 0 fully saturated rings. The molecule has 3 N–H and O–H groups in total. The quantitative estimate of drug-likeness (QED) is 0.834. The molecule has 2 rings (SSSR count). The van der Waals surface area contributed by atoms with E-state index in [4.69, 9.17) is 5.73 Å². The molecule has 5 heteroatoms. The molecule has 19 heavy (non-hydrogen) atoms. The molecule has 0 saturated heterocycles. The van der Waals surface area contributed by atoms with Crippen LogP contribution in [0, 0.1) is 6.92 Å². The topological polar surface area (TPSA) is 55.1 Å². The molecule has 1 heterocycles. The zero-order valence-electron chi connectivity index (χ0n) is 10.7. The van der Waals surface area contributed by atoms with Crippen molar-refractivity contribution in [2.75, 3.05) is 5.73 Å². The second kappa shape index (κ2) is 5.75. The van der Waals surface area contributed by atoms with Gasteiger partial charge in [-0.3, -0.25) is 4.79 Å². The van der Waals surface area contributed by atoms with Crippen LogP contribution >= 0.6 is 27.3 Å². The molecule has 0 aliphatic heterocycles. The Morgan fingerprint density at radius 2 is 2.11 bits per heavy atom. The van der Waals surface area contributed by atoms with Crippen molar-refractivity contribution in [2.24, 2.45) is 0 Å². The normalized spacial score (nSPS) is 12.2. The molecular weight excluding hydrogens is 324 g/mol. The molecular formula is C14H15BrN2OS. The van der Waals surface area contributed by atoms with Crippen molar-refractivity contribution < 1.29 is 4.79 Å². The van der Waals surface area contributed by atoms with Crippen LogP contribution in [-0.2, 0) is 0 Å². The highest BCUT2D eigenvalue weighted by atomic mass is 79.9. The number of halogens is 1. The van der Waals surface area contributed by atoms with Crippen LogP contribution in [0.25, 0.3) is 0 Å². The van der Waals surface area contributed by atoms with Crippen LogP contribution in [0.1, 0.15) is 33.1 Å². The Hall–Kier alpha value is -1.33. The third kappa shape index (κ3) is 3.36. The first-order valence-electron chi connectivity index (χ1n) is 5.89. The number of aryl methyl sites for hydroxylation is 1. The molecule has 1 aromatic heterocycles. The highest BCUT2D eigenvalue weighted by Gasteiger charge is 2.14. The Bertz CT molecular complexity index is 609. The number of carbonyl (C=O) groups excluding carboxylic acids is 1. The van der Waals surface area contributed by atoms with Gasteiger partial charge in [-0.15, -0.1) is 11.3 Å². The van der Waals surface area contributed by atoms with Gasteiger partial charge in [-0.25, -0.2) is 0 Å². The minimum absolute atomic E-state index is 0.0192. The number of carbonyl (C=O) groups is 1. The zero-order valence-corrected chi connectivity index (χ0v) is 13.1. The Balaban J connectivity index is 2.12. The van der Waals surface area contributed by atoms with Gasteiger partial charge in [0.25, 0.3) is 5.91 Å². The van der Waals surface area contributed by atoms with Gasteiger partial charge in [0.15, 0.2) is 0 Å². The van der Waals surface area contributed by atoms with Crippen molar-refractivity contribution in [1.82, 2.24) is 5.32 Å². The van der Waals surface area contributed by atoms with Crippen LogP contribution < -0.4 is 11.1 Å². The predicted molar refractivity (Wildman–Crippen MR) is 83.5 cm³/mol. The third-order valence-electron chi connectivity index (χ3n) is 2.79. The summed E-state index contributed by atoms with van der Waals surface area (Å²) in [6.07, 6.45) is 0. The SMILES string of the molecule is Cc1ccc(C(C)NC(=O)c2ccc(Br)cc2N)s1. The zero-order chi connectivity index (χ0) is 14.0. The molecule has 0 aliphatic carbocycles. The standard InChI is InChI=1S/C14H15BrN2OS/c1-8-3-6-13(19-8)9(2)17-14(18)11-5-4-10(15)7-12(11)16/h3-7,9H,16H2,1-2H3,(H,17,18). The fourth-order valence-electron chi connectivity index (χ4n) is 1.77. The molecule has 0 bridgehead atoms. The van der Waals surface area contributed by atoms with Gasteiger partial charge in [0, 0.05) is 19.9 Å². The van der Waals surface area contributed by atoms with Gasteiger partial charge in [0.2, 0.25) is 0 Å². The number of nitrogens with one attached hydrogen (secondary N) is 1. The van der Waals surface area contributed by atoms with E-state index in [0.29, 0.717) is 11.3 Å². The minimum atomic E-state index is -0.149. The van der Waals surface area contributed by atoms with E-state index >= 15 is 0 Å². The van der Waals surface area contributed by atoms with Gasteiger partial charge >= 0.3 is 0 Å². The van der Waals surface area contributed by atoms with Crippen LogP contribution in [0.4, 0.5) is 5.69 Å². The first kappa shape index (κ1) is 14.1. The molecule has 0 radical (unpaired) electrons. The van der Waals surface area contributed by atoms with Gasteiger partial charge in [-0.05, 0) is 44.2 Å². The fraction of sp³-hybridized carbons (Fsp3) is 0.214. The van der Waals surface area contributed by atoms with Crippen LogP contribution in [0.2, 0.25) is 0 Å². The largest absolute Gasteiger partial charge is 0.398 e. The third-order valence-corrected chi connectivity index (χ3v) is 4.47. The Labute approximate surface area is 125 Å². The van der Waals surface area contributed by atoms with Crippen LogP contribution in [0.15, 0.2) is 34.8 Å². The lowest BCUT2D eigenvalue weighted by Crippen LogP contribution is -2.26. The van der Waals surface area contributed by atoms with Crippen LogP contribution in [0.5, 0.6) is 0 Å². The van der Waals surface area contributed by atoms with Crippen molar-refractivity contribution >= 4 is 38.9 Å². The lowest BCUT2D eigenvalue weighted by Gasteiger charge is -2.13. The van der Waals surface area contributed by atoms with E-state index in [2.05, 4.69) is 34.2 Å². The van der Waals surface area contributed by atoms with Crippen molar-refractivity contribution in [3.63, 3.8) is 0 Å². The second-order valence-corrected chi connectivity index (χ2v) is 6.61. The number of thiophene rings is 1. The second-order valence-electron chi connectivity index (χ2n) is 4.38. The summed E-state index contributed by atoms with van der Waals surface area (Å²) >= 11 is 5.01. The maximum Gasteiger partial charge on any atom is 0.253 e. The number of benzene rings is 1. The molecule has 1 aromatic carbocycles. The molecule has 1 atom stereocenters. The van der Waals surface area contributed by atoms with Crippen LogP contribution in [0.3, 0.4) is 0 Å². The minimum Gasteiger partial charge on any atom is -0.398 e. The molecule has 0 aliphatic rings. The van der Waals surface area contributed by atoms with Gasteiger partial charge in [-0.2, -0.15) is 0 Å². The molecule has 100 valence electrons. The van der Waals surface area contributed by atoms with Crippen molar-refractivity contribution in [3.05, 3.63) is 50.1 Å². The van der Waals surface area contributed by atoms with E-state index in [-0.39, 0.29) is 11.9 Å². The Morgan fingerprint density at radius 3 is 2.68 bits per heavy atom. The lowest BCUT2D eigenvalue weighted by molar-refractivity contribution is 0.0941. The summed E-state index contributed by atoms with van der Waals surface area (Å²) in [4.78, 5) is 14.5. The van der Waals surface area contributed by atoms with Crippen molar-refractivity contribution in [1.29, 1.82) is 0 Å². The summed E-state index contributed by atoms with van der Waals surface area (Å²) in [5.74, 6) is -0.149. The number of amides is 1.